The van der Waals surface area contributed by atoms with Crippen molar-refractivity contribution in [3.05, 3.63) is 11.5 Å². The van der Waals surface area contributed by atoms with Gasteiger partial charge in [-0.25, -0.2) is 9.97 Å². The van der Waals surface area contributed by atoms with Gasteiger partial charge in [0.15, 0.2) is 5.65 Å². The number of aromatic nitrogens is 4. The Bertz CT molecular complexity index is 476. The zero-order valence-electron chi connectivity index (χ0n) is 7.90. The van der Waals surface area contributed by atoms with Gasteiger partial charge in [0.25, 0.3) is 0 Å². The molecule has 2 aromatic heterocycles. The Morgan fingerprint density at radius 2 is 2.14 bits per heavy atom. The van der Waals surface area contributed by atoms with Gasteiger partial charge >= 0.3 is 0 Å². The number of nitrogen functional groups attached to an aromatic ring is 1. The molecule has 0 radical (unpaired) electrons. The number of halogens is 1. The summed E-state index contributed by atoms with van der Waals surface area (Å²) in [7, 11) is 0. The zero-order valence-corrected chi connectivity index (χ0v) is 8.65. The number of imidazole rings is 1. The van der Waals surface area contributed by atoms with Crippen molar-refractivity contribution in [1.82, 2.24) is 19.5 Å². The van der Waals surface area contributed by atoms with Gasteiger partial charge in [0, 0.05) is 6.04 Å². The maximum atomic E-state index is 5.96. The second kappa shape index (κ2) is 3.09. The van der Waals surface area contributed by atoms with Crippen molar-refractivity contribution >= 4 is 28.7 Å². The molecule has 5 nitrogen and oxygen atoms in total. The molecule has 0 unspecified atom stereocenters. The van der Waals surface area contributed by atoms with Crippen molar-refractivity contribution in [2.75, 3.05) is 5.73 Å². The maximum absolute atomic E-state index is 5.96. The molecular weight excluding hydrogens is 202 g/mol. The lowest BCUT2D eigenvalue weighted by Crippen LogP contribution is -2.03. The van der Waals surface area contributed by atoms with Crippen molar-refractivity contribution in [3.63, 3.8) is 0 Å². The average molecular weight is 212 g/mol. The minimum Gasteiger partial charge on any atom is -0.368 e. The first kappa shape index (κ1) is 9.21. The Morgan fingerprint density at radius 1 is 1.43 bits per heavy atom. The van der Waals surface area contributed by atoms with Crippen LogP contribution in [0.2, 0.25) is 5.28 Å². The molecule has 0 bridgehead atoms. The van der Waals surface area contributed by atoms with Crippen LogP contribution in [-0.4, -0.2) is 19.5 Å². The number of nitrogens with zero attached hydrogens (tertiary/aromatic N) is 4. The van der Waals surface area contributed by atoms with E-state index in [1.165, 1.54) is 0 Å². The monoisotopic (exact) mass is 211 g/mol. The molecular formula is C8H10ClN5. The highest BCUT2D eigenvalue weighted by Crippen LogP contribution is 2.22. The van der Waals surface area contributed by atoms with E-state index < -0.39 is 0 Å². The number of hydrogen-bond acceptors (Lipinski definition) is 4. The largest absolute Gasteiger partial charge is 0.368 e. The van der Waals surface area contributed by atoms with E-state index in [2.05, 4.69) is 15.0 Å². The highest BCUT2D eigenvalue weighted by atomic mass is 35.5. The van der Waals surface area contributed by atoms with Crippen molar-refractivity contribution in [2.24, 2.45) is 0 Å². The molecule has 0 aliphatic carbocycles. The standard InChI is InChI=1S/C8H10ClN5/c1-4(2)14-6-5(12-7(14)9)3-11-8(10)13-6/h3-4H,1-2H3,(H2,10,11,13). The van der Waals surface area contributed by atoms with Crippen molar-refractivity contribution in [3.8, 4) is 0 Å². The van der Waals surface area contributed by atoms with Crippen LogP contribution in [0.25, 0.3) is 11.2 Å². The summed E-state index contributed by atoms with van der Waals surface area (Å²) in [6.45, 7) is 4.01. The van der Waals surface area contributed by atoms with Gasteiger partial charge in [0.05, 0.1) is 6.20 Å². The number of rotatable bonds is 1. The Balaban J connectivity index is 2.79. The summed E-state index contributed by atoms with van der Waals surface area (Å²) in [6, 6.07) is 0.196. The third kappa shape index (κ3) is 1.29. The molecule has 0 aliphatic rings. The third-order valence-corrected chi connectivity index (χ3v) is 2.19. The molecule has 0 amide bonds. The number of fused-ring (bicyclic) bond motifs is 1. The van der Waals surface area contributed by atoms with E-state index in [0.717, 1.165) is 0 Å². The Kier molecular flexibility index (Phi) is 2.03. The van der Waals surface area contributed by atoms with Gasteiger partial charge < -0.3 is 5.73 Å². The Morgan fingerprint density at radius 3 is 2.79 bits per heavy atom. The lowest BCUT2D eigenvalue weighted by atomic mass is 10.4. The molecule has 0 atom stereocenters. The molecule has 2 heterocycles. The minimum absolute atomic E-state index is 0.196. The first-order chi connectivity index (χ1) is 6.59. The molecule has 2 N–H and O–H groups in total. The summed E-state index contributed by atoms with van der Waals surface area (Å²) >= 11 is 5.96. The Hall–Kier alpha value is -1.36. The summed E-state index contributed by atoms with van der Waals surface area (Å²) in [5, 5.41) is 0.412. The van der Waals surface area contributed by atoms with E-state index in [0.29, 0.717) is 16.4 Å². The van der Waals surface area contributed by atoms with Crippen molar-refractivity contribution in [2.45, 2.75) is 19.9 Å². The fourth-order valence-corrected chi connectivity index (χ4v) is 1.70. The second-order valence-electron chi connectivity index (χ2n) is 3.28. The highest BCUT2D eigenvalue weighted by molar-refractivity contribution is 6.29. The molecule has 0 aromatic carbocycles. The smallest absolute Gasteiger partial charge is 0.222 e. The molecule has 0 fully saturated rings. The van der Waals surface area contributed by atoms with Crippen molar-refractivity contribution in [1.29, 1.82) is 0 Å². The summed E-state index contributed by atoms with van der Waals surface area (Å²) in [5.41, 5.74) is 6.84. The first-order valence-corrected chi connectivity index (χ1v) is 4.63. The average Bonchev–Trinajstić information content (AvgIpc) is 2.40. The molecule has 0 spiro atoms. The van der Waals surface area contributed by atoms with Crippen LogP contribution in [0.15, 0.2) is 6.20 Å². The molecule has 14 heavy (non-hydrogen) atoms. The van der Waals surface area contributed by atoms with E-state index in [1.54, 1.807) is 6.20 Å². The van der Waals surface area contributed by atoms with E-state index in [4.69, 9.17) is 17.3 Å². The quantitative estimate of drug-likeness (QED) is 0.728. The zero-order chi connectivity index (χ0) is 10.3. The fraction of sp³-hybridized carbons (Fsp3) is 0.375. The summed E-state index contributed by atoms with van der Waals surface area (Å²) in [5.74, 6) is 0.232. The lowest BCUT2D eigenvalue weighted by Gasteiger charge is -2.08. The molecule has 2 aromatic rings. The summed E-state index contributed by atoms with van der Waals surface area (Å²) in [6.07, 6.45) is 1.57. The fourth-order valence-electron chi connectivity index (χ4n) is 1.33. The van der Waals surface area contributed by atoms with Crippen LogP contribution in [-0.2, 0) is 0 Å². The second-order valence-corrected chi connectivity index (χ2v) is 3.62. The topological polar surface area (TPSA) is 69.6 Å². The normalized spacial score (nSPS) is 11.4. The van der Waals surface area contributed by atoms with Crippen LogP contribution in [0.5, 0.6) is 0 Å². The van der Waals surface area contributed by atoms with Gasteiger partial charge in [-0.1, -0.05) is 0 Å². The minimum atomic E-state index is 0.196. The van der Waals surface area contributed by atoms with Gasteiger partial charge in [-0.2, -0.15) is 4.98 Å². The predicted molar refractivity (Wildman–Crippen MR) is 55.1 cm³/mol. The van der Waals surface area contributed by atoms with Gasteiger partial charge in [-0.15, -0.1) is 0 Å². The summed E-state index contributed by atoms with van der Waals surface area (Å²) < 4.78 is 1.81. The maximum Gasteiger partial charge on any atom is 0.222 e. The lowest BCUT2D eigenvalue weighted by molar-refractivity contribution is 0.614. The van der Waals surface area contributed by atoms with E-state index in [1.807, 2.05) is 18.4 Å². The van der Waals surface area contributed by atoms with Crippen molar-refractivity contribution < 1.29 is 0 Å². The molecule has 74 valence electrons. The van der Waals surface area contributed by atoms with Crippen LogP contribution in [0.3, 0.4) is 0 Å². The van der Waals surface area contributed by atoms with E-state index >= 15 is 0 Å². The van der Waals surface area contributed by atoms with Crippen LogP contribution in [0, 0.1) is 0 Å². The van der Waals surface area contributed by atoms with Crippen LogP contribution < -0.4 is 5.73 Å². The van der Waals surface area contributed by atoms with Crippen LogP contribution >= 0.6 is 11.6 Å². The van der Waals surface area contributed by atoms with Gasteiger partial charge in [-0.05, 0) is 25.4 Å². The van der Waals surface area contributed by atoms with Gasteiger partial charge in [-0.3, -0.25) is 4.57 Å². The van der Waals surface area contributed by atoms with E-state index in [9.17, 15) is 0 Å². The van der Waals surface area contributed by atoms with Crippen LogP contribution in [0.4, 0.5) is 5.95 Å². The number of nitrogens with two attached hydrogens (primary N) is 1. The molecule has 0 saturated carbocycles. The molecule has 0 saturated heterocycles. The Labute approximate surface area is 85.9 Å². The molecule has 6 heteroatoms. The third-order valence-electron chi connectivity index (χ3n) is 1.92. The van der Waals surface area contributed by atoms with Crippen LogP contribution in [0.1, 0.15) is 19.9 Å². The van der Waals surface area contributed by atoms with Gasteiger partial charge in [0.1, 0.15) is 5.52 Å². The van der Waals surface area contributed by atoms with E-state index in [-0.39, 0.29) is 12.0 Å². The SMILES string of the molecule is CC(C)n1c(Cl)nc2cnc(N)nc21. The number of anilines is 1. The predicted octanol–water partition coefficient (Wildman–Crippen LogP) is 1.64. The molecule has 0 aliphatic heterocycles. The first-order valence-electron chi connectivity index (χ1n) is 4.25. The van der Waals surface area contributed by atoms with Gasteiger partial charge in [0.2, 0.25) is 11.2 Å². The number of hydrogen-bond donors (Lipinski definition) is 1. The molecule has 2 rings (SSSR count). The summed E-state index contributed by atoms with van der Waals surface area (Å²) in [4.78, 5) is 12.1. The highest BCUT2D eigenvalue weighted by Gasteiger charge is 2.13.